The van der Waals surface area contributed by atoms with Crippen LogP contribution < -0.4 is 0 Å². The Morgan fingerprint density at radius 3 is 1.20 bits per heavy atom. The normalized spacial score (nSPS) is 10.7. The standard InChI is InChI=1S/C26H26O9/c27-23(11-13-25(29)34-19-21-7-3-1-4-8-21)32-17-15-31-16-18-33-24(28)12-14-26(30)35-20-22-9-5-2-6-10-22/h1-14H,15-20H2/b13-11+,14-12+. The van der Waals surface area contributed by atoms with Gasteiger partial charge in [-0.2, -0.15) is 0 Å². The second-order valence-corrected chi connectivity index (χ2v) is 6.80. The van der Waals surface area contributed by atoms with Crippen molar-refractivity contribution in [3.8, 4) is 0 Å². The third-order valence-corrected chi connectivity index (χ3v) is 4.10. The van der Waals surface area contributed by atoms with Gasteiger partial charge >= 0.3 is 23.9 Å². The van der Waals surface area contributed by atoms with Gasteiger partial charge < -0.3 is 23.7 Å². The van der Waals surface area contributed by atoms with E-state index in [0.29, 0.717) is 0 Å². The minimum Gasteiger partial charge on any atom is -0.460 e. The fourth-order valence-electron chi connectivity index (χ4n) is 2.43. The number of esters is 4. The molecule has 0 amide bonds. The Hall–Kier alpha value is -4.24. The molecule has 2 aromatic rings. The average Bonchev–Trinajstić information content (AvgIpc) is 2.89. The summed E-state index contributed by atoms with van der Waals surface area (Å²) < 4.78 is 24.9. The molecule has 0 heterocycles. The maximum Gasteiger partial charge on any atom is 0.331 e. The molecule has 0 saturated carbocycles. The largest absolute Gasteiger partial charge is 0.460 e. The molecule has 0 aromatic heterocycles. The summed E-state index contributed by atoms with van der Waals surface area (Å²) in [5, 5.41) is 0. The number of carbonyl (C=O) groups is 4. The average molecular weight is 482 g/mol. The van der Waals surface area contributed by atoms with E-state index in [1.807, 2.05) is 60.7 Å². The second-order valence-electron chi connectivity index (χ2n) is 6.80. The van der Waals surface area contributed by atoms with Gasteiger partial charge in [0.2, 0.25) is 0 Å². The van der Waals surface area contributed by atoms with Crippen LogP contribution in [0, 0.1) is 0 Å². The zero-order valence-corrected chi connectivity index (χ0v) is 19.0. The van der Waals surface area contributed by atoms with Crippen molar-refractivity contribution in [1.29, 1.82) is 0 Å². The van der Waals surface area contributed by atoms with Gasteiger partial charge in [-0.3, -0.25) is 0 Å². The van der Waals surface area contributed by atoms with Crippen LogP contribution in [0.25, 0.3) is 0 Å². The molecule has 0 aliphatic heterocycles. The molecule has 35 heavy (non-hydrogen) atoms. The van der Waals surface area contributed by atoms with Crippen molar-refractivity contribution in [1.82, 2.24) is 0 Å². The summed E-state index contributed by atoms with van der Waals surface area (Å²) in [5.41, 5.74) is 1.66. The van der Waals surface area contributed by atoms with Gasteiger partial charge in [0.25, 0.3) is 0 Å². The lowest BCUT2D eigenvalue weighted by Crippen LogP contribution is -2.13. The van der Waals surface area contributed by atoms with Crippen molar-refractivity contribution < 1.29 is 42.9 Å². The number of rotatable bonds is 14. The van der Waals surface area contributed by atoms with Crippen molar-refractivity contribution in [2.24, 2.45) is 0 Å². The summed E-state index contributed by atoms with van der Waals surface area (Å²) in [7, 11) is 0. The molecule has 0 spiro atoms. The van der Waals surface area contributed by atoms with Crippen LogP contribution in [0.5, 0.6) is 0 Å². The maximum absolute atomic E-state index is 11.6. The van der Waals surface area contributed by atoms with Gasteiger partial charge in [0.15, 0.2) is 0 Å². The van der Waals surface area contributed by atoms with E-state index in [0.717, 1.165) is 35.4 Å². The lowest BCUT2D eigenvalue weighted by Gasteiger charge is -2.05. The Kier molecular flexibility index (Phi) is 12.6. The molecule has 0 unspecified atom stereocenters. The lowest BCUT2D eigenvalue weighted by atomic mass is 10.2. The van der Waals surface area contributed by atoms with E-state index in [4.69, 9.17) is 23.7 Å². The van der Waals surface area contributed by atoms with Crippen molar-refractivity contribution in [2.75, 3.05) is 26.4 Å². The summed E-state index contributed by atoms with van der Waals surface area (Å²) in [6, 6.07) is 18.3. The van der Waals surface area contributed by atoms with E-state index in [1.165, 1.54) is 0 Å². The van der Waals surface area contributed by atoms with Gasteiger partial charge in [0, 0.05) is 24.3 Å². The van der Waals surface area contributed by atoms with Crippen LogP contribution in [0.4, 0.5) is 0 Å². The van der Waals surface area contributed by atoms with Gasteiger partial charge in [-0.1, -0.05) is 60.7 Å². The molecule has 0 saturated heterocycles. The summed E-state index contributed by atoms with van der Waals surface area (Å²) >= 11 is 0. The van der Waals surface area contributed by atoms with E-state index in [1.54, 1.807) is 0 Å². The number of hydrogen-bond acceptors (Lipinski definition) is 9. The zero-order chi connectivity index (χ0) is 25.1. The van der Waals surface area contributed by atoms with Crippen LogP contribution in [0.15, 0.2) is 85.0 Å². The molecular weight excluding hydrogens is 456 g/mol. The van der Waals surface area contributed by atoms with E-state index in [2.05, 4.69) is 0 Å². The molecular formula is C26H26O9. The van der Waals surface area contributed by atoms with Crippen molar-refractivity contribution in [3.63, 3.8) is 0 Å². The smallest absolute Gasteiger partial charge is 0.331 e. The first kappa shape index (κ1) is 27.0. The quantitative estimate of drug-likeness (QED) is 0.173. The van der Waals surface area contributed by atoms with Gasteiger partial charge in [0.1, 0.15) is 26.4 Å². The Bertz CT molecular complexity index is 916. The van der Waals surface area contributed by atoms with Crippen LogP contribution >= 0.6 is 0 Å². The molecule has 2 rings (SSSR count). The Balaban J connectivity index is 1.46. The fraction of sp³-hybridized carbons (Fsp3) is 0.231. The van der Waals surface area contributed by atoms with Crippen molar-refractivity contribution in [2.45, 2.75) is 13.2 Å². The SMILES string of the molecule is O=C(/C=C/C(=O)OCc1ccccc1)OCCOCCOC(=O)/C=C/C(=O)OCc1ccccc1. The topological polar surface area (TPSA) is 114 Å². The van der Waals surface area contributed by atoms with Crippen molar-refractivity contribution in [3.05, 3.63) is 96.1 Å². The molecule has 0 radical (unpaired) electrons. The van der Waals surface area contributed by atoms with Crippen LogP contribution in [0.3, 0.4) is 0 Å². The molecule has 0 N–H and O–H groups in total. The van der Waals surface area contributed by atoms with Crippen LogP contribution in [-0.2, 0) is 56.1 Å². The van der Waals surface area contributed by atoms with E-state index < -0.39 is 23.9 Å². The third-order valence-electron chi connectivity index (χ3n) is 4.10. The monoisotopic (exact) mass is 482 g/mol. The minimum absolute atomic E-state index is 0.0522. The summed E-state index contributed by atoms with van der Waals surface area (Å²) in [4.78, 5) is 46.3. The minimum atomic E-state index is -0.721. The highest BCUT2D eigenvalue weighted by atomic mass is 16.6. The molecule has 9 heteroatoms. The first-order valence-corrected chi connectivity index (χ1v) is 10.7. The highest BCUT2D eigenvalue weighted by molar-refractivity contribution is 5.92. The number of benzene rings is 2. The van der Waals surface area contributed by atoms with Crippen LogP contribution in [0.1, 0.15) is 11.1 Å². The van der Waals surface area contributed by atoms with E-state index in [-0.39, 0.29) is 39.6 Å². The predicted molar refractivity (Wildman–Crippen MR) is 123 cm³/mol. The highest BCUT2D eigenvalue weighted by Crippen LogP contribution is 2.02. The van der Waals surface area contributed by atoms with Crippen molar-refractivity contribution >= 4 is 23.9 Å². The fourth-order valence-corrected chi connectivity index (χ4v) is 2.43. The van der Waals surface area contributed by atoms with Gasteiger partial charge in [-0.15, -0.1) is 0 Å². The summed E-state index contributed by atoms with van der Waals surface area (Å²) in [6.45, 7) is 0.234. The van der Waals surface area contributed by atoms with E-state index >= 15 is 0 Å². The Morgan fingerprint density at radius 2 is 0.829 bits per heavy atom. The van der Waals surface area contributed by atoms with Crippen LogP contribution in [0.2, 0.25) is 0 Å². The van der Waals surface area contributed by atoms with Gasteiger partial charge in [0.05, 0.1) is 13.2 Å². The maximum atomic E-state index is 11.6. The first-order chi connectivity index (χ1) is 17.0. The van der Waals surface area contributed by atoms with Gasteiger partial charge in [-0.05, 0) is 11.1 Å². The summed E-state index contributed by atoms with van der Waals surface area (Å²) in [6.07, 6.45) is 3.89. The Morgan fingerprint density at radius 1 is 0.486 bits per heavy atom. The van der Waals surface area contributed by atoms with E-state index in [9.17, 15) is 19.2 Å². The number of ether oxygens (including phenoxy) is 5. The molecule has 2 aromatic carbocycles. The lowest BCUT2D eigenvalue weighted by molar-refractivity contribution is -0.143. The molecule has 0 atom stereocenters. The molecule has 184 valence electrons. The molecule has 0 aliphatic carbocycles. The number of hydrogen-bond donors (Lipinski definition) is 0. The van der Waals surface area contributed by atoms with Crippen LogP contribution in [-0.4, -0.2) is 50.3 Å². The predicted octanol–water partition coefficient (Wildman–Crippen LogP) is 2.69. The molecule has 0 fully saturated rings. The molecule has 0 bridgehead atoms. The third kappa shape index (κ3) is 13.2. The number of carbonyl (C=O) groups excluding carboxylic acids is 4. The molecule has 0 aliphatic rings. The zero-order valence-electron chi connectivity index (χ0n) is 19.0. The second kappa shape index (κ2) is 16.4. The summed E-state index contributed by atoms with van der Waals surface area (Å²) in [5.74, 6) is -2.77. The molecule has 9 nitrogen and oxygen atoms in total. The Labute approximate surface area is 202 Å². The van der Waals surface area contributed by atoms with Gasteiger partial charge in [-0.25, -0.2) is 19.2 Å². The highest BCUT2D eigenvalue weighted by Gasteiger charge is 2.04. The first-order valence-electron chi connectivity index (χ1n) is 10.7.